The molecule has 3 nitrogen and oxygen atoms in total. The SMILES string of the molecule is O=C(c1cc(Cl)ccc1F)N1CCOCC1CCl. The van der Waals surface area contributed by atoms with Gasteiger partial charge in [0.2, 0.25) is 0 Å². The number of halogens is 3. The smallest absolute Gasteiger partial charge is 0.257 e. The number of ether oxygens (including phenoxy) is 1. The summed E-state index contributed by atoms with van der Waals surface area (Å²) >= 11 is 11.6. The van der Waals surface area contributed by atoms with Gasteiger partial charge in [0.1, 0.15) is 5.82 Å². The molecule has 1 atom stereocenters. The van der Waals surface area contributed by atoms with Crippen molar-refractivity contribution in [2.24, 2.45) is 0 Å². The van der Waals surface area contributed by atoms with E-state index in [0.717, 1.165) is 0 Å². The number of nitrogens with zero attached hydrogens (tertiary/aromatic N) is 1. The highest BCUT2D eigenvalue weighted by Crippen LogP contribution is 2.19. The van der Waals surface area contributed by atoms with Crippen molar-refractivity contribution in [2.45, 2.75) is 6.04 Å². The van der Waals surface area contributed by atoms with E-state index in [1.165, 1.54) is 23.1 Å². The Bertz CT molecular complexity index is 456. The van der Waals surface area contributed by atoms with Crippen molar-refractivity contribution in [3.8, 4) is 0 Å². The minimum absolute atomic E-state index is 0.0282. The molecule has 1 unspecified atom stereocenters. The molecular weight excluding hydrogens is 280 g/mol. The monoisotopic (exact) mass is 291 g/mol. The van der Waals surface area contributed by atoms with E-state index < -0.39 is 11.7 Å². The van der Waals surface area contributed by atoms with E-state index in [4.69, 9.17) is 27.9 Å². The van der Waals surface area contributed by atoms with Crippen LogP contribution in [-0.4, -0.2) is 42.5 Å². The van der Waals surface area contributed by atoms with Gasteiger partial charge >= 0.3 is 0 Å². The van der Waals surface area contributed by atoms with Crippen LogP contribution in [-0.2, 0) is 4.74 Å². The highest BCUT2D eigenvalue weighted by atomic mass is 35.5. The molecule has 98 valence electrons. The van der Waals surface area contributed by atoms with Crippen LogP contribution in [0.5, 0.6) is 0 Å². The average Bonchev–Trinajstić information content (AvgIpc) is 2.40. The fourth-order valence-electron chi connectivity index (χ4n) is 1.87. The zero-order valence-corrected chi connectivity index (χ0v) is 11.0. The van der Waals surface area contributed by atoms with E-state index in [1.54, 1.807) is 0 Å². The van der Waals surface area contributed by atoms with Gasteiger partial charge in [0.15, 0.2) is 0 Å². The summed E-state index contributed by atoms with van der Waals surface area (Å²) in [5.74, 6) is -0.721. The van der Waals surface area contributed by atoms with Gasteiger partial charge in [0.25, 0.3) is 5.91 Å². The van der Waals surface area contributed by atoms with Crippen LogP contribution >= 0.6 is 23.2 Å². The molecule has 0 aliphatic carbocycles. The first-order chi connectivity index (χ1) is 8.63. The molecule has 1 saturated heterocycles. The first-order valence-electron chi connectivity index (χ1n) is 5.53. The first kappa shape index (κ1) is 13.6. The van der Waals surface area contributed by atoms with Crippen LogP contribution in [0.4, 0.5) is 4.39 Å². The minimum atomic E-state index is -0.579. The normalized spacial score (nSPS) is 19.9. The number of amides is 1. The standard InChI is InChI=1S/C12H12Cl2FNO2/c13-6-9-7-18-4-3-16(9)12(17)10-5-8(14)1-2-11(10)15/h1-2,5,9H,3-4,6-7H2. The van der Waals surface area contributed by atoms with Crippen LogP contribution in [0.25, 0.3) is 0 Å². The number of hydrogen-bond donors (Lipinski definition) is 0. The molecule has 18 heavy (non-hydrogen) atoms. The second kappa shape index (κ2) is 5.87. The molecular formula is C12H12Cl2FNO2. The maximum absolute atomic E-state index is 13.6. The van der Waals surface area contributed by atoms with Crippen molar-refractivity contribution in [2.75, 3.05) is 25.6 Å². The summed E-state index contributed by atoms with van der Waals surface area (Å²) in [5, 5.41) is 0.329. The van der Waals surface area contributed by atoms with Gasteiger partial charge < -0.3 is 9.64 Å². The van der Waals surface area contributed by atoms with Crippen LogP contribution in [0.1, 0.15) is 10.4 Å². The Balaban J connectivity index is 2.26. The van der Waals surface area contributed by atoms with Crippen LogP contribution in [0, 0.1) is 5.82 Å². The fraction of sp³-hybridized carbons (Fsp3) is 0.417. The van der Waals surface area contributed by atoms with Crippen molar-refractivity contribution in [3.63, 3.8) is 0 Å². The minimum Gasteiger partial charge on any atom is -0.377 e. The number of rotatable bonds is 2. The van der Waals surface area contributed by atoms with E-state index in [-0.39, 0.29) is 17.5 Å². The number of carbonyl (C=O) groups is 1. The van der Waals surface area contributed by atoms with Gasteiger partial charge in [0, 0.05) is 17.4 Å². The summed E-state index contributed by atoms with van der Waals surface area (Å²) in [4.78, 5) is 13.8. The van der Waals surface area contributed by atoms with E-state index in [1.807, 2.05) is 0 Å². The third-order valence-corrected chi connectivity index (χ3v) is 3.42. The first-order valence-corrected chi connectivity index (χ1v) is 6.44. The lowest BCUT2D eigenvalue weighted by Gasteiger charge is -2.34. The molecule has 1 fully saturated rings. The molecule has 1 aromatic carbocycles. The molecule has 0 N–H and O–H groups in total. The van der Waals surface area contributed by atoms with Crippen molar-refractivity contribution >= 4 is 29.1 Å². The molecule has 2 rings (SSSR count). The summed E-state index contributed by atoms with van der Waals surface area (Å²) in [6.07, 6.45) is 0. The van der Waals surface area contributed by atoms with Crippen LogP contribution in [0.2, 0.25) is 5.02 Å². The zero-order valence-electron chi connectivity index (χ0n) is 9.54. The van der Waals surface area contributed by atoms with Gasteiger partial charge in [-0.15, -0.1) is 11.6 Å². The topological polar surface area (TPSA) is 29.5 Å². The Morgan fingerprint density at radius 2 is 2.33 bits per heavy atom. The third kappa shape index (κ3) is 2.76. The highest BCUT2D eigenvalue weighted by molar-refractivity contribution is 6.31. The number of benzene rings is 1. The lowest BCUT2D eigenvalue weighted by atomic mass is 10.1. The molecule has 0 spiro atoms. The molecule has 0 aromatic heterocycles. The lowest BCUT2D eigenvalue weighted by Crippen LogP contribution is -2.49. The summed E-state index contributed by atoms with van der Waals surface area (Å²) < 4.78 is 18.9. The Morgan fingerprint density at radius 3 is 3.06 bits per heavy atom. The molecule has 0 saturated carbocycles. The lowest BCUT2D eigenvalue weighted by molar-refractivity contribution is 0.00431. The number of morpholine rings is 1. The summed E-state index contributed by atoms with van der Waals surface area (Å²) in [7, 11) is 0. The molecule has 0 bridgehead atoms. The Kier molecular flexibility index (Phi) is 4.43. The van der Waals surface area contributed by atoms with Crippen molar-refractivity contribution in [1.29, 1.82) is 0 Å². The highest BCUT2D eigenvalue weighted by Gasteiger charge is 2.28. The van der Waals surface area contributed by atoms with Crippen molar-refractivity contribution in [1.82, 2.24) is 4.90 Å². The zero-order chi connectivity index (χ0) is 13.1. The molecule has 6 heteroatoms. The molecule has 1 aliphatic rings. The van der Waals surface area contributed by atoms with Crippen LogP contribution in [0.3, 0.4) is 0 Å². The van der Waals surface area contributed by atoms with Gasteiger partial charge in [-0.25, -0.2) is 4.39 Å². The van der Waals surface area contributed by atoms with Crippen molar-refractivity contribution in [3.05, 3.63) is 34.6 Å². The van der Waals surface area contributed by atoms with Gasteiger partial charge in [-0.3, -0.25) is 4.79 Å². The average molecular weight is 292 g/mol. The van der Waals surface area contributed by atoms with Gasteiger partial charge in [0.05, 0.1) is 24.8 Å². The quantitative estimate of drug-likeness (QED) is 0.784. The predicted octanol–water partition coefficient (Wildman–Crippen LogP) is 2.56. The molecule has 1 aliphatic heterocycles. The van der Waals surface area contributed by atoms with Crippen molar-refractivity contribution < 1.29 is 13.9 Å². The van der Waals surface area contributed by atoms with Crippen LogP contribution < -0.4 is 0 Å². The summed E-state index contributed by atoms with van der Waals surface area (Å²) in [6.45, 7) is 1.21. The molecule has 1 heterocycles. The van der Waals surface area contributed by atoms with E-state index in [9.17, 15) is 9.18 Å². The Morgan fingerprint density at radius 1 is 1.56 bits per heavy atom. The summed E-state index contributed by atoms with van der Waals surface area (Å²) in [5.41, 5.74) is -0.0282. The second-order valence-electron chi connectivity index (χ2n) is 4.01. The van der Waals surface area contributed by atoms with Gasteiger partial charge in [-0.05, 0) is 18.2 Å². The maximum Gasteiger partial charge on any atom is 0.257 e. The predicted molar refractivity (Wildman–Crippen MR) is 67.8 cm³/mol. The van der Waals surface area contributed by atoms with E-state index in [2.05, 4.69) is 0 Å². The fourth-order valence-corrected chi connectivity index (χ4v) is 2.29. The summed E-state index contributed by atoms with van der Waals surface area (Å²) in [6, 6.07) is 3.70. The number of alkyl halides is 1. The van der Waals surface area contributed by atoms with Crippen LogP contribution in [0.15, 0.2) is 18.2 Å². The second-order valence-corrected chi connectivity index (χ2v) is 4.75. The maximum atomic E-state index is 13.6. The molecule has 0 radical (unpaired) electrons. The van der Waals surface area contributed by atoms with E-state index in [0.29, 0.717) is 24.8 Å². The molecule has 1 aromatic rings. The van der Waals surface area contributed by atoms with Gasteiger partial charge in [-0.1, -0.05) is 11.6 Å². The number of carbonyl (C=O) groups excluding carboxylic acids is 1. The number of hydrogen-bond acceptors (Lipinski definition) is 2. The third-order valence-electron chi connectivity index (χ3n) is 2.83. The Labute approximate surface area is 114 Å². The van der Waals surface area contributed by atoms with E-state index >= 15 is 0 Å². The van der Waals surface area contributed by atoms with Gasteiger partial charge in [-0.2, -0.15) is 0 Å². The molecule has 1 amide bonds. The largest absolute Gasteiger partial charge is 0.377 e. The Hall–Kier alpha value is -0.840.